The second kappa shape index (κ2) is 8.18. The molecule has 1 aliphatic heterocycles. The van der Waals surface area contributed by atoms with Crippen molar-refractivity contribution in [1.82, 2.24) is 10.6 Å². The number of rotatable bonds is 4. The predicted molar refractivity (Wildman–Crippen MR) is 102 cm³/mol. The van der Waals surface area contributed by atoms with E-state index in [4.69, 9.17) is 5.14 Å². The van der Waals surface area contributed by atoms with Crippen LogP contribution in [0.1, 0.15) is 29.7 Å². The van der Waals surface area contributed by atoms with Gasteiger partial charge in [0.25, 0.3) is 0 Å². The Morgan fingerprint density at radius 1 is 1.15 bits per heavy atom. The first-order valence-corrected chi connectivity index (χ1v) is 9.62. The van der Waals surface area contributed by atoms with Crippen LogP contribution in [0, 0.1) is 0 Å². The molecule has 0 bridgehead atoms. The van der Waals surface area contributed by atoms with Crippen molar-refractivity contribution in [3.63, 3.8) is 0 Å². The van der Waals surface area contributed by atoms with E-state index < -0.39 is 10.0 Å². The number of carbonyl (C=O) groups is 1. The quantitative estimate of drug-likeness (QED) is 0.732. The van der Waals surface area contributed by atoms with Gasteiger partial charge in [0.1, 0.15) is 0 Å². The molecule has 0 spiro atoms. The summed E-state index contributed by atoms with van der Waals surface area (Å²) in [5.41, 5.74) is 3.22. The van der Waals surface area contributed by atoms with Crippen molar-refractivity contribution >= 4 is 28.3 Å². The molecule has 2 unspecified atom stereocenters. The molecule has 0 saturated carbocycles. The first-order valence-electron chi connectivity index (χ1n) is 8.08. The summed E-state index contributed by atoms with van der Waals surface area (Å²) in [7, 11) is -3.71. The van der Waals surface area contributed by atoms with Crippen molar-refractivity contribution in [2.75, 3.05) is 0 Å². The smallest absolute Gasteiger partial charge is 0.238 e. The first kappa shape index (κ1) is 20.4. The van der Waals surface area contributed by atoms with Crippen LogP contribution in [-0.2, 0) is 27.8 Å². The molecule has 3 rings (SSSR count). The minimum atomic E-state index is -3.71. The van der Waals surface area contributed by atoms with Gasteiger partial charge in [-0.25, -0.2) is 13.6 Å². The van der Waals surface area contributed by atoms with E-state index in [9.17, 15) is 13.2 Å². The first-order chi connectivity index (χ1) is 11.8. The molecule has 4 N–H and O–H groups in total. The maximum atomic E-state index is 12.5. The number of benzene rings is 2. The fourth-order valence-corrected chi connectivity index (χ4v) is 3.50. The lowest BCUT2D eigenvalue weighted by molar-refractivity contribution is -0.124. The number of amides is 1. The van der Waals surface area contributed by atoms with E-state index in [1.807, 2.05) is 25.1 Å². The summed E-state index contributed by atoms with van der Waals surface area (Å²) in [5, 5.41) is 11.3. The average molecular weight is 396 g/mol. The zero-order valence-corrected chi connectivity index (χ0v) is 15.9. The highest BCUT2D eigenvalue weighted by Gasteiger charge is 2.25. The van der Waals surface area contributed by atoms with E-state index in [1.54, 1.807) is 12.1 Å². The van der Waals surface area contributed by atoms with Crippen molar-refractivity contribution in [3.8, 4) is 0 Å². The van der Waals surface area contributed by atoms with Crippen LogP contribution in [0.25, 0.3) is 0 Å². The minimum absolute atomic E-state index is 0. The predicted octanol–water partition coefficient (Wildman–Crippen LogP) is 1.65. The lowest BCUT2D eigenvalue weighted by atomic mass is 9.95. The number of hydrogen-bond acceptors (Lipinski definition) is 4. The molecule has 0 saturated heterocycles. The van der Waals surface area contributed by atoms with E-state index in [2.05, 4.69) is 16.7 Å². The van der Waals surface area contributed by atoms with Crippen LogP contribution < -0.4 is 15.8 Å². The molecule has 2 atom stereocenters. The number of nitrogens with one attached hydrogen (secondary N) is 2. The third kappa shape index (κ3) is 4.62. The Morgan fingerprint density at radius 2 is 1.77 bits per heavy atom. The molecule has 0 aromatic heterocycles. The molecule has 140 valence electrons. The molecule has 1 aliphatic rings. The van der Waals surface area contributed by atoms with Crippen LogP contribution in [0.2, 0.25) is 0 Å². The van der Waals surface area contributed by atoms with E-state index in [1.165, 1.54) is 23.3 Å². The lowest BCUT2D eigenvalue weighted by Gasteiger charge is -2.26. The van der Waals surface area contributed by atoms with Gasteiger partial charge in [0.2, 0.25) is 15.9 Å². The van der Waals surface area contributed by atoms with Crippen LogP contribution in [0.3, 0.4) is 0 Å². The van der Waals surface area contributed by atoms with Crippen molar-refractivity contribution in [3.05, 3.63) is 65.2 Å². The number of sulfonamides is 1. The van der Waals surface area contributed by atoms with E-state index in [-0.39, 0.29) is 35.3 Å². The van der Waals surface area contributed by atoms with Crippen molar-refractivity contribution in [2.45, 2.75) is 36.9 Å². The van der Waals surface area contributed by atoms with Gasteiger partial charge in [-0.05, 0) is 42.2 Å². The monoisotopic (exact) mass is 395 g/mol. The lowest BCUT2D eigenvalue weighted by Crippen LogP contribution is -2.48. The molecular formula is C18H22ClN3O3S. The zero-order chi connectivity index (χ0) is 18.0. The zero-order valence-electron chi connectivity index (χ0n) is 14.3. The van der Waals surface area contributed by atoms with Gasteiger partial charge in [-0.15, -0.1) is 12.4 Å². The topological polar surface area (TPSA) is 101 Å². The maximum Gasteiger partial charge on any atom is 0.238 e. The number of halogens is 1. The van der Waals surface area contributed by atoms with Gasteiger partial charge < -0.3 is 10.6 Å². The summed E-state index contributed by atoms with van der Waals surface area (Å²) in [4.78, 5) is 12.6. The van der Waals surface area contributed by atoms with Gasteiger partial charge >= 0.3 is 0 Å². The summed E-state index contributed by atoms with van der Waals surface area (Å²) >= 11 is 0. The van der Waals surface area contributed by atoms with Gasteiger partial charge in [-0.2, -0.15) is 0 Å². The molecule has 26 heavy (non-hydrogen) atoms. The molecule has 0 fully saturated rings. The molecule has 0 radical (unpaired) electrons. The molecule has 0 aliphatic carbocycles. The number of carbonyl (C=O) groups excluding carboxylic acids is 1. The Balaban J connectivity index is 0.00000243. The molecular weight excluding hydrogens is 374 g/mol. The largest absolute Gasteiger partial charge is 0.348 e. The Bertz CT molecular complexity index is 885. The van der Waals surface area contributed by atoms with Crippen LogP contribution in [0.5, 0.6) is 0 Å². The van der Waals surface area contributed by atoms with Gasteiger partial charge in [-0.3, -0.25) is 4.79 Å². The van der Waals surface area contributed by atoms with Crippen molar-refractivity contribution < 1.29 is 13.2 Å². The highest BCUT2D eigenvalue weighted by molar-refractivity contribution is 7.89. The molecule has 6 nitrogen and oxygen atoms in total. The number of primary sulfonamides is 1. The summed E-state index contributed by atoms with van der Waals surface area (Å²) in [5.74, 6) is -0.0717. The van der Waals surface area contributed by atoms with Crippen LogP contribution in [0.4, 0.5) is 0 Å². The molecule has 1 heterocycles. The summed E-state index contributed by atoms with van der Waals surface area (Å²) in [6, 6.07) is 13.8. The van der Waals surface area contributed by atoms with Gasteiger partial charge in [0.15, 0.2) is 0 Å². The van der Waals surface area contributed by atoms with Crippen molar-refractivity contribution in [1.29, 1.82) is 0 Å². The van der Waals surface area contributed by atoms with Gasteiger partial charge in [-0.1, -0.05) is 36.4 Å². The second-order valence-electron chi connectivity index (χ2n) is 6.25. The third-order valence-corrected chi connectivity index (χ3v) is 5.39. The van der Waals surface area contributed by atoms with E-state index in [0.29, 0.717) is 13.0 Å². The second-order valence-corrected chi connectivity index (χ2v) is 7.81. The highest BCUT2D eigenvalue weighted by Crippen LogP contribution is 2.18. The fraction of sp³-hybridized carbons (Fsp3) is 0.278. The SMILES string of the molecule is CC(NC(=O)C1Cc2ccccc2CN1)c1ccc(S(N)(=O)=O)cc1.Cl. The van der Waals surface area contributed by atoms with Crippen LogP contribution in [0.15, 0.2) is 53.4 Å². The van der Waals surface area contributed by atoms with Crippen LogP contribution in [-0.4, -0.2) is 20.4 Å². The molecule has 2 aromatic carbocycles. The Kier molecular flexibility index (Phi) is 6.41. The third-order valence-electron chi connectivity index (χ3n) is 4.47. The molecule has 1 amide bonds. The molecule has 2 aromatic rings. The van der Waals surface area contributed by atoms with Crippen LogP contribution >= 0.6 is 12.4 Å². The summed E-state index contributed by atoms with van der Waals surface area (Å²) < 4.78 is 22.6. The van der Waals surface area contributed by atoms with Crippen molar-refractivity contribution in [2.24, 2.45) is 5.14 Å². The highest BCUT2D eigenvalue weighted by atomic mass is 35.5. The number of hydrogen-bond donors (Lipinski definition) is 3. The average Bonchev–Trinajstić information content (AvgIpc) is 2.60. The minimum Gasteiger partial charge on any atom is -0.348 e. The van der Waals surface area contributed by atoms with Gasteiger partial charge in [0.05, 0.1) is 17.0 Å². The fourth-order valence-electron chi connectivity index (χ4n) is 2.98. The molecule has 8 heteroatoms. The number of nitrogens with two attached hydrogens (primary N) is 1. The summed E-state index contributed by atoms with van der Waals surface area (Å²) in [6.07, 6.45) is 0.652. The maximum absolute atomic E-state index is 12.5. The normalized spacial score (nSPS) is 17.5. The standard InChI is InChI=1S/C18H21N3O3S.ClH/c1-12(13-6-8-16(9-7-13)25(19,23)24)21-18(22)17-10-14-4-2-3-5-15(14)11-20-17;/h2-9,12,17,20H,10-11H2,1H3,(H,21,22)(H2,19,23,24);1H. The Labute approximate surface area is 159 Å². The van der Waals surface area contributed by atoms with E-state index in [0.717, 1.165) is 5.56 Å². The Hall–Kier alpha value is -1.93. The van der Waals surface area contributed by atoms with Gasteiger partial charge in [0, 0.05) is 6.54 Å². The summed E-state index contributed by atoms with van der Waals surface area (Å²) in [6.45, 7) is 2.53. The Morgan fingerprint density at radius 3 is 2.38 bits per heavy atom. The number of fused-ring (bicyclic) bond motifs is 1. The van der Waals surface area contributed by atoms with E-state index >= 15 is 0 Å².